The van der Waals surface area contributed by atoms with Gasteiger partial charge in [0.25, 0.3) is 0 Å². The Hall–Kier alpha value is -0.0301. The molecule has 0 aliphatic carbocycles. The maximum Gasteiger partial charge on any atom is 0.0901 e. The van der Waals surface area contributed by atoms with Crippen molar-refractivity contribution in [2.24, 2.45) is 0 Å². The molecule has 2 unspecified atom stereocenters. The average Bonchev–Trinajstić information content (AvgIpc) is 2.15. The lowest BCUT2D eigenvalue weighted by molar-refractivity contribution is -0.157. The van der Waals surface area contributed by atoms with E-state index in [9.17, 15) is 20.4 Å². The van der Waals surface area contributed by atoms with E-state index in [0.717, 1.165) is 0 Å². The van der Waals surface area contributed by atoms with Gasteiger partial charge in [-0.3, -0.25) is 0 Å². The van der Waals surface area contributed by atoms with Gasteiger partial charge >= 0.3 is 0 Å². The van der Waals surface area contributed by atoms with E-state index in [1.165, 1.54) is 41.5 Å². The SMILES string of the molecule is CC(C)(O)C(C)(O)CCC(C)(O)C(C)(C)O.[B][B]. The number of hydrogen-bond donors (Lipinski definition) is 4. The second kappa shape index (κ2) is 6.42. The van der Waals surface area contributed by atoms with Crippen molar-refractivity contribution in [2.45, 2.75) is 76.8 Å². The summed E-state index contributed by atoms with van der Waals surface area (Å²) in [6.07, 6.45) is 0.404. The van der Waals surface area contributed by atoms with Gasteiger partial charge in [-0.05, 0) is 54.4 Å². The summed E-state index contributed by atoms with van der Waals surface area (Å²) in [4.78, 5) is 0. The topological polar surface area (TPSA) is 80.9 Å². The van der Waals surface area contributed by atoms with Crippen LogP contribution >= 0.6 is 0 Å². The Balaban J connectivity index is 0. The minimum absolute atomic E-state index is 0.202. The van der Waals surface area contributed by atoms with Crippen LogP contribution in [-0.4, -0.2) is 58.3 Å². The van der Waals surface area contributed by atoms with Gasteiger partial charge in [-0.15, -0.1) is 0 Å². The van der Waals surface area contributed by atoms with Gasteiger partial charge in [-0.25, -0.2) is 0 Å². The first-order valence-corrected chi connectivity index (χ1v) is 5.93. The molecular formula is C12H26B2O4. The Morgan fingerprint density at radius 3 is 0.889 bits per heavy atom. The molecular weight excluding hydrogens is 230 g/mol. The van der Waals surface area contributed by atoms with Gasteiger partial charge in [0.15, 0.2) is 0 Å². The quantitative estimate of drug-likeness (QED) is 0.524. The Bertz CT molecular complexity index is 213. The third kappa shape index (κ3) is 5.74. The fraction of sp³-hybridized carbons (Fsp3) is 1.00. The highest BCUT2D eigenvalue weighted by Gasteiger charge is 2.43. The highest BCUT2D eigenvalue weighted by atomic mass is 16.4. The molecule has 0 saturated carbocycles. The van der Waals surface area contributed by atoms with Gasteiger partial charge in [-0.1, -0.05) is 0 Å². The van der Waals surface area contributed by atoms with Crippen LogP contribution in [0.1, 0.15) is 54.4 Å². The second-order valence-corrected chi connectivity index (χ2v) is 6.17. The lowest BCUT2D eigenvalue weighted by atomic mass is 9.77. The Morgan fingerprint density at radius 2 is 0.778 bits per heavy atom. The van der Waals surface area contributed by atoms with Gasteiger partial charge in [-0.2, -0.15) is 0 Å². The third-order valence-electron chi connectivity index (χ3n) is 3.73. The van der Waals surface area contributed by atoms with Crippen LogP contribution in [-0.2, 0) is 0 Å². The van der Waals surface area contributed by atoms with Gasteiger partial charge in [0.2, 0.25) is 0 Å². The van der Waals surface area contributed by atoms with Gasteiger partial charge < -0.3 is 20.4 Å². The summed E-state index contributed by atoms with van der Waals surface area (Å²) >= 11 is 0. The minimum Gasteiger partial charge on any atom is -0.387 e. The summed E-state index contributed by atoms with van der Waals surface area (Å²) in [5, 5.41) is 39.6. The van der Waals surface area contributed by atoms with E-state index in [2.05, 4.69) is 15.5 Å². The molecule has 0 rings (SSSR count). The minimum atomic E-state index is -1.30. The first-order chi connectivity index (χ1) is 7.71. The smallest absolute Gasteiger partial charge is 0.0901 e. The zero-order valence-corrected chi connectivity index (χ0v) is 12.4. The number of aliphatic hydroxyl groups is 4. The van der Waals surface area contributed by atoms with E-state index >= 15 is 0 Å². The Kier molecular flexibility index (Phi) is 7.23. The zero-order chi connectivity index (χ0) is 15.4. The maximum absolute atomic E-state index is 10.0. The summed E-state index contributed by atoms with van der Waals surface area (Å²) in [5.74, 6) is 0. The van der Waals surface area contributed by atoms with Crippen LogP contribution in [0.4, 0.5) is 0 Å². The summed E-state index contributed by atoms with van der Waals surface area (Å²) in [7, 11) is 8.00. The van der Waals surface area contributed by atoms with Gasteiger partial charge in [0, 0.05) is 15.5 Å². The molecule has 2 atom stereocenters. The average molecular weight is 256 g/mol. The lowest BCUT2D eigenvalue weighted by Crippen LogP contribution is -2.52. The van der Waals surface area contributed by atoms with E-state index in [4.69, 9.17) is 0 Å². The summed E-state index contributed by atoms with van der Waals surface area (Å²) < 4.78 is 0. The van der Waals surface area contributed by atoms with Gasteiger partial charge in [0.1, 0.15) is 0 Å². The highest BCUT2D eigenvalue weighted by Crippen LogP contribution is 2.33. The van der Waals surface area contributed by atoms with Crippen LogP contribution in [0.2, 0.25) is 0 Å². The number of hydrogen-bond acceptors (Lipinski definition) is 4. The molecule has 6 heteroatoms. The van der Waals surface area contributed by atoms with Crippen molar-refractivity contribution >= 4 is 15.5 Å². The van der Waals surface area contributed by atoms with Crippen LogP contribution in [0.3, 0.4) is 0 Å². The largest absolute Gasteiger partial charge is 0.387 e. The molecule has 0 saturated heterocycles. The van der Waals surface area contributed by atoms with E-state index < -0.39 is 22.4 Å². The van der Waals surface area contributed by atoms with Crippen molar-refractivity contribution in [3.8, 4) is 0 Å². The normalized spacial score (nSPS) is 19.2. The second-order valence-electron chi connectivity index (χ2n) is 6.17. The first kappa shape index (κ1) is 20.3. The molecule has 18 heavy (non-hydrogen) atoms. The molecule has 4 nitrogen and oxygen atoms in total. The van der Waals surface area contributed by atoms with Crippen molar-refractivity contribution in [2.75, 3.05) is 0 Å². The molecule has 4 radical (unpaired) electrons. The van der Waals surface area contributed by atoms with E-state index in [1.54, 1.807) is 0 Å². The van der Waals surface area contributed by atoms with Crippen LogP contribution in [0.25, 0.3) is 0 Å². The summed E-state index contributed by atoms with van der Waals surface area (Å²) in [6.45, 7) is 9.12. The molecule has 104 valence electrons. The Morgan fingerprint density at radius 1 is 0.611 bits per heavy atom. The molecule has 0 spiro atoms. The van der Waals surface area contributed by atoms with Crippen molar-refractivity contribution in [3.63, 3.8) is 0 Å². The maximum atomic E-state index is 10.0. The predicted octanol–water partition coefficient (Wildman–Crippen LogP) is 0.0488. The Labute approximate surface area is 113 Å². The predicted molar refractivity (Wildman–Crippen MR) is 74.6 cm³/mol. The molecule has 0 heterocycles. The standard InChI is InChI=1S/C12H26O4.B2/c1-9(2,13)11(5,15)7-8-12(6,16)10(3,4)14;1-2/h13-16H,7-8H2,1-6H3;. The molecule has 0 aliphatic rings. The monoisotopic (exact) mass is 256 g/mol. The molecule has 0 aromatic heterocycles. The van der Waals surface area contributed by atoms with Gasteiger partial charge in [0.05, 0.1) is 22.4 Å². The van der Waals surface area contributed by atoms with Crippen LogP contribution < -0.4 is 0 Å². The van der Waals surface area contributed by atoms with Crippen LogP contribution in [0, 0.1) is 0 Å². The molecule has 4 N–H and O–H groups in total. The molecule has 0 aliphatic heterocycles. The van der Waals surface area contributed by atoms with E-state index in [-0.39, 0.29) is 12.8 Å². The fourth-order valence-electron chi connectivity index (χ4n) is 1.10. The van der Waals surface area contributed by atoms with Crippen molar-refractivity contribution in [1.29, 1.82) is 0 Å². The first-order valence-electron chi connectivity index (χ1n) is 5.93. The zero-order valence-electron chi connectivity index (χ0n) is 12.4. The van der Waals surface area contributed by atoms with Crippen molar-refractivity contribution in [3.05, 3.63) is 0 Å². The summed E-state index contributed by atoms with van der Waals surface area (Å²) in [5.41, 5.74) is -5.10. The van der Waals surface area contributed by atoms with E-state index in [1.807, 2.05) is 0 Å². The molecule has 0 amide bonds. The number of rotatable bonds is 5. The third-order valence-corrected chi connectivity index (χ3v) is 3.73. The van der Waals surface area contributed by atoms with Crippen LogP contribution in [0.15, 0.2) is 0 Å². The lowest BCUT2D eigenvalue weighted by Gasteiger charge is -2.41. The molecule has 0 aromatic rings. The van der Waals surface area contributed by atoms with Crippen molar-refractivity contribution in [1.82, 2.24) is 0 Å². The fourth-order valence-corrected chi connectivity index (χ4v) is 1.10. The summed E-state index contributed by atoms with van der Waals surface area (Å²) in [6, 6.07) is 0. The molecule has 0 fully saturated rings. The van der Waals surface area contributed by atoms with E-state index in [0.29, 0.717) is 0 Å². The molecule has 0 aromatic carbocycles. The van der Waals surface area contributed by atoms with Crippen molar-refractivity contribution < 1.29 is 20.4 Å². The van der Waals surface area contributed by atoms with Crippen LogP contribution in [0.5, 0.6) is 0 Å². The molecule has 0 bridgehead atoms. The highest BCUT2D eigenvalue weighted by molar-refractivity contribution is 6.75.